The van der Waals surface area contributed by atoms with Gasteiger partial charge in [-0.1, -0.05) is 31.2 Å². The van der Waals surface area contributed by atoms with Crippen LogP contribution in [0.4, 0.5) is 5.69 Å². The lowest BCUT2D eigenvalue weighted by Crippen LogP contribution is -2.45. The molecule has 1 heterocycles. The lowest BCUT2D eigenvalue weighted by atomic mass is 9.81. The number of rotatable bonds is 4. The van der Waals surface area contributed by atoms with E-state index < -0.39 is 5.60 Å². The highest BCUT2D eigenvalue weighted by molar-refractivity contribution is 5.94. The molecule has 3 rings (SSSR count). The molecule has 132 valence electrons. The second-order valence-electron chi connectivity index (χ2n) is 6.66. The zero-order chi connectivity index (χ0) is 17.9. The second-order valence-corrected chi connectivity index (χ2v) is 6.66. The number of nitrogens with zero attached hydrogens (tertiary/aromatic N) is 1. The van der Waals surface area contributed by atoms with E-state index in [9.17, 15) is 9.90 Å². The van der Waals surface area contributed by atoms with E-state index in [4.69, 9.17) is 0 Å². The zero-order valence-electron chi connectivity index (χ0n) is 15.0. The number of hydrogen-bond acceptors (Lipinski definition) is 3. The summed E-state index contributed by atoms with van der Waals surface area (Å²) in [6, 6.07) is 15.6. The fraction of sp³-hybridized carbons (Fsp3) is 0.381. The van der Waals surface area contributed by atoms with Crippen molar-refractivity contribution < 1.29 is 9.90 Å². The summed E-state index contributed by atoms with van der Waals surface area (Å²) < 4.78 is 0. The van der Waals surface area contributed by atoms with E-state index in [-0.39, 0.29) is 5.91 Å². The summed E-state index contributed by atoms with van der Waals surface area (Å²) in [5.41, 5.74) is 3.05. The molecule has 1 aliphatic heterocycles. The third kappa shape index (κ3) is 3.54. The van der Waals surface area contributed by atoms with Crippen LogP contribution in [0.15, 0.2) is 48.5 Å². The molecule has 2 N–H and O–H groups in total. The summed E-state index contributed by atoms with van der Waals surface area (Å²) in [4.78, 5) is 14.5. The van der Waals surface area contributed by atoms with Gasteiger partial charge in [-0.25, -0.2) is 0 Å². The maximum absolute atomic E-state index is 12.7. The SMILES string of the molecule is CCc1ccccc1C1(O)CCN(C(=O)c2ccc(NC)cc2)CC1. The molecule has 2 aromatic rings. The first-order valence-electron chi connectivity index (χ1n) is 8.95. The number of benzene rings is 2. The van der Waals surface area contributed by atoms with Gasteiger partial charge in [-0.2, -0.15) is 0 Å². The summed E-state index contributed by atoms with van der Waals surface area (Å²) >= 11 is 0. The van der Waals surface area contributed by atoms with E-state index in [1.165, 1.54) is 5.56 Å². The summed E-state index contributed by atoms with van der Waals surface area (Å²) in [5, 5.41) is 14.2. The van der Waals surface area contributed by atoms with Crippen molar-refractivity contribution in [1.29, 1.82) is 0 Å². The van der Waals surface area contributed by atoms with Gasteiger partial charge < -0.3 is 15.3 Å². The number of hydrogen-bond donors (Lipinski definition) is 2. The molecule has 0 unspecified atom stereocenters. The molecule has 0 atom stereocenters. The standard InChI is InChI=1S/C21H26N2O2/c1-3-16-6-4-5-7-19(16)21(25)12-14-23(15-13-21)20(24)17-8-10-18(22-2)11-9-17/h4-11,22,25H,3,12-15H2,1-2H3. The molecule has 2 aromatic carbocycles. The van der Waals surface area contributed by atoms with Crippen molar-refractivity contribution in [3.63, 3.8) is 0 Å². The lowest BCUT2D eigenvalue weighted by molar-refractivity contribution is -0.0217. The first-order valence-corrected chi connectivity index (χ1v) is 8.95. The Labute approximate surface area is 149 Å². The molecule has 25 heavy (non-hydrogen) atoms. The van der Waals surface area contributed by atoms with Crippen LogP contribution in [0.3, 0.4) is 0 Å². The van der Waals surface area contributed by atoms with Crippen molar-refractivity contribution in [1.82, 2.24) is 4.90 Å². The van der Waals surface area contributed by atoms with Crippen molar-refractivity contribution in [2.45, 2.75) is 31.8 Å². The molecule has 4 heteroatoms. The quantitative estimate of drug-likeness (QED) is 0.898. The molecular weight excluding hydrogens is 312 g/mol. The number of anilines is 1. The average Bonchev–Trinajstić information content (AvgIpc) is 2.68. The minimum absolute atomic E-state index is 0.0356. The molecule has 0 saturated carbocycles. The van der Waals surface area contributed by atoms with Crippen LogP contribution in [0.5, 0.6) is 0 Å². The van der Waals surface area contributed by atoms with Gasteiger partial charge in [-0.05, 0) is 54.7 Å². The van der Waals surface area contributed by atoms with Crippen molar-refractivity contribution in [2.24, 2.45) is 0 Å². The van der Waals surface area contributed by atoms with E-state index >= 15 is 0 Å². The molecule has 0 radical (unpaired) electrons. The van der Waals surface area contributed by atoms with Crippen LogP contribution < -0.4 is 5.32 Å². The minimum Gasteiger partial charge on any atom is -0.388 e. The monoisotopic (exact) mass is 338 g/mol. The Bertz CT molecular complexity index is 732. The summed E-state index contributed by atoms with van der Waals surface area (Å²) in [5.74, 6) is 0.0356. The van der Waals surface area contributed by atoms with Crippen LogP contribution in [-0.2, 0) is 12.0 Å². The predicted octanol–water partition coefficient (Wildman–Crippen LogP) is 3.41. The molecule has 0 aromatic heterocycles. The van der Waals surface area contributed by atoms with Crippen LogP contribution in [0.1, 0.15) is 41.3 Å². The van der Waals surface area contributed by atoms with E-state index in [0.717, 1.165) is 17.7 Å². The summed E-state index contributed by atoms with van der Waals surface area (Å²) in [7, 11) is 1.86. The van der Waals surface area contributed by atoms with Crippen molar-refractivity contribution in [2.75, 3.05) is 25.5 Å². The average molecular weight is 338 g/mol. The van der Waals surface area contributed by atoms with Gasteiger partial charge in [0.15, 0.2) is 0 Å². The molecule has 1 saturated heterocycles. The lowest BCUT2D eigenvalue weighted by Gasteiger charge is -2.39. The van der Waals surface area contributed by atoms with E-state index in [2.05, 4.69) is 18.3 Å². The van der Waals surface area contributed by atoms with Crippen LogP contribution in [0.25, 0.3) is 0 Å². The fourth-order valence-corrected chi connectivity index (χ4v) is 3.59. The van der Waals surface area contributed by atoms with Crippen molar-refractivity contribution >= 4 is 11.6 Å². The Morgan fingerprint density at radius 1 is 1.12 bits per heavy atom. The number of carbonyl (C=O) groups excluding carboxylic acids is 1. The number of piperidine rings is 1. The van der Waals surface area contributed by atoms with Crippen LogP contribution in [-0.4, -0.2) is 36.1 Å². The number of aliphatic hydroxyl groups is 1. The Kier molecular flexibility index (Phi) is 5.09. The normalized spacial score (nSPS) is 16.5. The topological polar surface area (TPSA) is 52.6 Å². The van der Waals surface area contributed by atoms with E-state index in [0.29, 0.717) is 31.5 Å². The molecule has 0 aliphatic carbocycles. The number of likely N-dealkylation sites (tertiary alicyclic amines) is 1. The smallest absolute Gasteiger partial charge is 0.253 e. The van der Waals surface area contributed by atoms with E-state index in [1.54, 1.807) is 0 Å². The maximum Gasteiger partial charge on any atom is 0.253 e. The van der Waals surface area contributed by atoms with Crippen LogP contribution in [0, 0.1) is 0 Å². The molecule has 0 bridgehead atoms. The summed E-state index contributed by atoms with van der Waals surface area (Å²) in [6.07, 6.45) is 2.05. The van der Waals surface area contributed by atoms with Gasteiger partial charge in [0.25, 0.3) is 5.91 Å². The Morgan fingerprint density at radius 3 is 2.36 bits per heavy atom. The van der Waals surface area contributed by atoms with Gasteiger partial charge in [0, 0.05) is 31.4 Å². The minimum atomic E-state index is -0.834. The van der Waals surface area contributed by atoms with E-state index in [1.807, 2.05) is 54.4 Å². The largest absolute Gasteiger partial charge is 0.388 e. The molecule has 1 fully saturated rings. The first-order chi connectivity index (χ1) is 12.1. The van der Waals surface area contributed by atoms with Gasteiger partial charge in [-0.15, -0.1) is 0 Å². The molecule has 1 aliphatic rings. The van der Waals surface area contributed by atoms with Gasteiger partial charge >= 0.3 is 0 Å². The van der Waals surface area contributed by atoms with Gasteiger partial charge in [0.2, 0.25) is 0 Å². The highest BCUT2D eigenvalue weighted by atomic mass is 16.3. The van der Waals surface area contributed by atoms with Crippen LogP contribution in [0.2, 0.25) is 0 Å². The number of amides is 1. The third-order valence-electron chi connectivity index (χ3n) is 5.20. The maximum atomic E-state index is 12.7. The van der Waals surface area contributed by atoms with Crippen molar-refractivity contribution in [3.05, 3.63) is 65.2 Å². The second kappa shape index (κ2) is 7.28. The van der Waals surface area contributed by atoms with Crippen LogP contribution >= 0.6 is 0 Å². The van der Waals surface area contributed by atoms with Gasteiger partial charge in [-0.3, -0.25) is 4.79 Å². The number of carbonyl (C=O) groups is 1. The van der Waals surface area contributed by atoms with Gasteiger partial charge in [0.05, 0.1) is 5.60 Å². The van der Waals surface area contributed by atoms with Gasteiger partial charge in [0.1, 0.15) is 0 Å². The third-order valence-corrected chi connectivity index (χ3v) is 5.20. The Balaban J connectivity index is 1.71. The highest BCUT2D eigenvalue weighted by Gasteiger charge is 2.36. The Hall–Kier alpha value is -2.33. The predicted molar refractivity (Wildman–Crippen MR) is 101 cm³/mol. The molecular formula is C21H26N2O2. The molecule has 0 spiro atoms. The summed E-state index contributed by atoms with van der Waals surface area (Å²) in [6.45, 7) is 3.25. The van der Waals surface area contributed by atoms with Crippen molar-refractivity contribution in [3.8, 4) is 0 Å². The highest BCUT2D eigenvalue weighted by Crippen LogP contribution is 2.35. The number of nitrogens with one attached hydrogen (secondary N) is 1. The molecule has 1 amide bonds. The number of aryl methyl sites for hydroxylation is 1. The fourth-order valence-electron chi connectivity index (χ4n) is 3.59. The Morgan fingerprint density at radius 2 is 1.76 bits per heavy atom. The first kappa shape index (κ1) is 17.5. The molecule has 4 nitrogen and oxygen atoms in total. The zero-order valence-corrected chi connectivity index (χ0v) is 15.0.